The number of nitrogens with one attached hydrogen (secondary N) is 1. The van der Waals surface area contributed by atoms with Crippen LogP contribution in [0.1, 0.15) is 32.1 Å². The van der Waals surface area contributed by atoms with Gasteiger partial charge in [-0.05, 0) is 25.0 Å². The molecule has 1 aliphatic carbocycles. The lowest BCUT2D eigenvalue weighted by atomic mass is 9.85. The Kier molecular flexibility index (Phi) is 7.65. The van der Waals surface area contributed by atoms with E-state index in [4.69, 9.17) is 10.4 Å². The number of thioether (sulfide) groups is 1. The van der Waals surface area contributed by atoms with E-state index in [0.717, 1.165) is 37.3 Å². The molecule has 0 spiro atoms. The summed E-state index contributed by atoms with van der Waals surface area (Å²) in [5.41, 5.74) is 0. The van der Waals surface area contributed by atoms with Crippen molar-refractivity contribution >= 4 is 11.8 Å². The van der Waals surface area contributed by atoms with Gasteiger partial charge in [-0.15, -0.1) is 0 Å². The molecular weight excluding hydrogens is 220 g/mol. The minimum atomic E-state index is 0.219. The van der Waals surface area contributed by atoms with Gasteiger partial charge in [0.15, 0.2) is 0 Å². The van der Waals surface area contributed by atoms with Crippen molar-refractivity contribution in [1.82, 2.24) is 5.32 Å². The molecule has 16 heavy (non-hydrogen) atoms. The fraction of sp³-hybridized carbons (Fsp3) is 0.917. The lowest BCUT2D eigenvalue weighted by Crippen LogP contribution is -2.39. The van der Waals surface area contributed by atoms with Crippen molar-refractivity contribution in [1.29, 1.82) is 5.26 Å². The molecule has 0 aromatic carbocycles. The van der Waals surface area contributed by atoms with Gasteiger partial charge in [0.2, 0.25) is 0 Å². The summed E-state index contributed by atoms with van der Waals surface area (Å²) in [7, 11) is 0. The number of nitrogens with zero attached hydrogens (tertiary/aromatic N) is 1. The van der Waals surface area contributed by atoms with E-state index in [1.54, 1.807) is 0 Å². The van der Waals surface area contributed by atoms with Crippen LogP contribution in [0.4, 0.5) is 0 Å². The Hall–Kier alpha value is -0.240. The van der Waals surface area contributed by atoms with Crippen molar-refractivity contribution in [2.45, 2.75) is 38.1 Å². The molecule has 0 aromatic heterocycles. The maximum absolute atomic E-state index is 9.01. The molecule has 0 aromatic rings. The first kappa shape index (κ1) is 13.8. The molecule has 1 aliphatic rings. The summed E-state index contributed by atoms with van der Waals surface area (Å²) in [4.78, 5) is 0. The molecule has 92 valence electrons. The Morgan fingerprint density at radius 3 is 2.88 bits per heavy atom. The molecule has 1 rings (SSSR count). The summed E-state index contributed by atoms with van der Waals surface area (Å²) in [6.07, 6.45) is 5.56. The normalized spacial score (nSPS) is 25.2. The summed E-state index contributed by atoms with van der Waals surface area (Å²) in [6, 6.07) is 2.83. The van der Waals surface area contributed by atoms with Gasteiger partial charge in [-0.25, -0.2) is 0 Å². The zero-order valence-corrected chi connectivity index (χ0v) is 10.6. The van der Waals surface area contributed by atoms with Crippen molar-refractivity contribution in [3.8, 4) is 6.07 Å². The maximum atomic E-state index is 9.01. The summed E-state index contributed by atoms with van der Waals surface area (Å²) < 4.78 is 0. The molecule has 3 nitrogen and oxygen atoms in total. The van der Waals surface area contributed by atoms with Crippen LogP contribution in [0, 0.1) is 17.2 Å². The van der Waals surface area contributed by atoms with Crippen molar-refractivity contribution in [3.63, 3.8) is 0 Å². The molecule has 0 saturated heterocycles. The zero-order valence-electron chi connectivity index (χ0n) is 9.82. The Morgan fingerprint density at radius 1 is 1.31 bits per heavy atom. The van der Waals surface area contributed by atoms with Crippen LogP contribution in [0.3, 0.4) is 0 Å². The second-order valence-electron chi connectivity index (χ2n) is 4.27. The second kappa shape index (κ2) is 8.86. The fourth-order valence-corrected chi connectivity index (χ4v) is 2.91. The number of hydrogen-bond donors (Lipinski definition) is 2. The summed E-state index contributed by atoms with van der Waals surface area (Å²) in [5, 5.41) is 21.1. The average molecular weight is 242 g/mol. The van der Waals surface area contributed by atoms with Crippen molar-refractivity contribution in [2.24, 2.45) is 5.92 Å². The molecule has 0 aliphatic heterocycles. The SMILES string of the molecule is N#CC1CCCCC1NCCSCCCO. The minimum Gasteiger partial charge on any atom is -0.396 e. The van der Waals surface area contributed by atoms with Gasteiger partial charge in [-0.3, -0.25) is 0 Å². The van der Waals surface area contributed by atoms with Crippen LogP contribution in [0.25, 0.3) is 0 Å². The standard InChI is InChI=1S/C12H22N2OS/c13-10-11-4-1-2-5-12(11)14-6-9-16-8-3-7-15/h11-12,14-15H,1-9H2. The van der Waals surface area contributed by atoms with Crippen LogP contribution >= 0.6 is 11.8 Å². The van der Waals surface area contributed by atoms with Gasteiger partial charge < -0.3 is 10.4 Å². The molecule has 2 N–H and O–H groups in total. The third-order valence-electron chi connectivity index (χ3n) is 3.03. The zero-order chi connectivity index (χ0) is 11.6. The first-order chi connectivity index (χ1) is 7.88. The predicted molar refractivity (Wildman–Crippen MR) is 68.4 cm³/mol. The summed E-state index contributed by atoms with van der Waals surface area (Å²) in [6.45, 7) is 1.28. The molecule has 0 bridgehead atoms. The topological polar surface area (TPSA) is 56.0 Å². The largest absolute Gasteiger partial charge is 0.396 e. The van der Waals surface area contributed by atoms with E-state index in [-0.39, 0.29) is 5.92 Å². The van der Waals surface area contributed by atoms with Crippen molar-refractivity contribution < 1.29 is 5.11 Å². The molecule has 0 radical (unpaired) electrons. The van der Waals surface area contributed by atoms with Crippen molar-refractivity contribution in [2.75, 3.05) is 24.7 Å². The molecular formula is C12H22N2OS. The highest BCUT2D eigenvalue weighted by Gasteiger charge is 2.23. The van der Waals surface area contributed by atoms with Gasteiger partial charge in [0.25, 0.3) is 0 Å². The Morgan fingerprint density at radius 2 is 2.12 bits per heavy atom. The van der Waals surface area contributed by atoms with Crippen LogP contribution in [0.5, 0.6) is 0 Å². The highest BCUT2D eigenvalue weighted by atomic mass is 32.2. The van der Waals surface area contributed by atoms with Gasteiger partial charge in [-0.1, -0.05) is 12.8 Å². The molecule has 1 saturated carbocycles. The van der Waals surface area contributed by atoms with Gasteiger partial charge >= 0.3 is 0 Å². The van der Waals surface area contributed by atoms with Crippen LogP contribution < -0.4 is 5.32 Å². The summed E-state index contributed by atoms with van der Waals surface area (Å²) in [5.74, 6) is 2.33. The van der Waals surface area contributed by atoms with E-state index >= 15 is 0 Å². The fourth-order valence-electron chi connectivity index (χ4n) is 2.11. The van der Waals surface area contributed by atoms with E-state index in [9.17, 15) is 0 Å². The predicted octanol–water partition coefficient (Wildman–Crippen LogP) is 1.77. The van der Waals surface area contributed by atoms with E-state index in [2.05, 4.69) is 11.4 Å². The first-order valence-corrected chi connectivity index (χ1v) is 7.35. The third-order valence-corrected chi connectivity index (χ3v) is 4.10. The number of aliphatic hydroxyl groups is 1. The number of hydrogen-bond acceptors (Lipinski definition) is 4. The first-order valence-electron chi connectivity index (χ1n) is 6.20. The van der Waals surface area contributed by atoms with E-state index in [0.29, 0.717) is 12.6 Å². The van der Waals surface area contributed by atoms with Crippen LogP contribution in [-0.4, -0.2) is 35.8 Å². The lowest BCUT2D eigenvalue weighted by Gasteiger charge is -2.27. The monoisotopic (exact) mass is 242 g/mol. The van der Waals surface area contributed by atoms with E-state index in [1.807, 2.05) is 11.8 Å². The Labute approximate surface area is 103 Å². The Balaban J connectivity index is 2.04. The molecule has 4 heteroatoms. The van der Waals surface area contributed by atoms with Gasteiger partial charge in [0.05, 0.1) is 12.0 Å². The molecule has 0 amide bonds. The second-order valence-corrected chi connectivity index (χ2v) is 5.49. The number of nitriles is 1. The molecule has 0 heterocycles. The van der Waals surface area contributed by atoms with Crippen molar-refractivity contribution in [3.05, 3.63) is 0 Å². The van der Waals surface area contributed by atoms with Gasteiger partial charge in [0, 0.05) is 24.9 Å². The van der Waals surface area contributed by atoms with Crippen LogP contribution in [-0.2, 0) is 0 Å². The van der Waals surface area contributed by atoms with Gasteiger partial charge in [-0.2, -0.15) is 17.0 Å². The molecule has 1 fully saturated rings. The highest BCUT2D eigenvalue weighted by molar-refractivity contribution is 7.99. The molecule has 2 atom stereocenters. The molecule has 2 unspecified atom stereocenters. The number of aliphatic hydroxyl groups excluding tert-OH is 1. The van der Waals surface area contributed by atoms with E-state index in [1.165, 1.54) is 12.8 Å². The average Bonchev–Trinajstić information content (AvgIpc) is 2.34. The van der Waals surface area contributed by atoms with Crippen LogP contribution in [0.15, 0.2) is 0 Å². The minimum absolute atomic E-state index is 0.219. The quantitative estimate of drug-likeness (QED) is 0.668. The lowest BCUT2D eigenvalue weighted by molar-refractivity contribution is 0.296. The van der Waals surface area contributed by atoms with Gasteiger partial charge in [0.1, 0.15) is 0 Å². The highest BCUT2D eigenvalue weighted by Crippen LogP contribution is 2.23. The van der Waals surface area contributed by atoms with E-state index < -0.39 is 0 Å². The van der Waals surface area contributed by atoms with Crippen LogP contribution in [0.2, 0.25) is 0 Å². The number of rotatable bonds is 7. The third kappa shape index (κ3) is 5.20. The smallest absolute Gasteiger partial charge is 0.0672 e. The summed E-state index contributed by atoms with van der Waals surface area (Å²) >= 11 is 1.87. The Bertz CT molecular complexity index is 218. The maximum Gasteiger partial charge on any atom is 0.0672 e.